The average Bonchev–Trinajstić information content (AvgIpc) is 2.78. The first-order chi connectivity index (χ1) is 11.0. The van der Waals surface area contributed by atoms with Crippen LogP contribution in [-0.2, 0) is 11.8 Å². The van der Waals surface area contributed by atoms with Crippen LogP contribution >= 0.6 is 0 Å². The molecule has 5 nitrogen and oxygen atoms in total. The van der Waals surface area contributed by atoms with Gasteiger partial charge < -0.3 is 14.8 Å². The summed E-state index contributed by atoms with van der Waals surface area (Å²) in [5.41, 5.74) is 2.23. The van der Waals surface area contributed by atoms with E-state index in [9.17, 15) is 0 Å². The van der Waals surface area contributed by atoms with E-state index >= 15 is 0 Å². The lowest BCUT2D eigenvalue weighted by Crippen LogP contribution is -2.29. The number of anilines is 1. The highest BCUT2D eigenvalue weighted by Gasteiger charge is 2.42. The van der Waals surface area contributed by atoms with Crippen LogP contribution in [0.4, 0.5) is 5.82 Å². The SMILES string of the molecule is COc1ccc(CCNc2ncnc3c2C(C)(C)C(C)O3)cc1. The number of rotatable bonds is 5. The summed E-state index contributed by atoms with van der Waals surface area (Å²) in [7, 11) is 1.68. The van der Waals surface area contributed by atoms with Gasteiger partial charge in [-0.1, -0.05) is 26.0 Å². The molecule has 0 fully saturated rings. The van der Waals surface area contributed by atoms with Crippen LogP contribution in [0.1, 0.15) is 31.9 Å². The molecule has 0 amide bonds. The molecule has 0 saturated carbocycles. The number of ether oxygens (including phenoxy) is 2. The minimum atomic E-state index is -0.0982. The summed E-state index contributed by atoms with van der Waals surface area (Å²) >= 11 is 0. The first kappa shape index (κ1) is 15.6. The molecule has 1 aliphatic heterocycles. The fraction of sp³-hybridized carbons (Fsp3) is 0.444. The molecular weight excluding hydrogens is 290 g/mol. The lowest BCUT2D eigenvalue weighted by atomic mass is 9.82. The molecule has 2 heterocycles. The molecule has 0 radical (unpaired) electrons. The van der Waals surface area contributed by atoms with Crippen LogP contribution in [0.25, 0.3) is 0 Å². The van der Waals surface area contributed by atoms with E-state index in [1.54, 1.807) is 13.4 Å². The predicted octanol–water partition coefficient (Wildman–Crippen LogP) is 3.20. The van der Waals surface area contributed by atoms with Crippen LogP contribution in [-0.4, -0.2) is 29.7 Å². The van der Waals surface area contributed by atoms with Crippen LogP contribution in [0.3, 0.4) is 0 Å². The second-order valence-electron chi connectivity index (χ2n) is 6.41. The Bertz CT molecular complexity index is 683. The molecule has 0 bridgehead atoms. The highest BCUT2D eigenvalue weighted by atomic mass is 16.5. The molecule has 0 saturated heterocycles. The van der Waals surface area contributed by atoms with E-state index in [1.165, 1.54) is 5.56 Å². The molecule has 1 aliphatic rings. The van der Waals surface area contributed by atoms with Gasteiger partial charge in [-0.3, -0.25) is 0 Å². The predicted molar refractivity (Wildman–Crippen MR) is 90.3 cm³/mol. The van der Waals surface area contributed by atoms with Gasteiger partial charge in [0.05, 0.1) is 12.7 Å². The first-order valence-electron chi connectivity index (χ1n) is 7.91. The third kappa shape index (κ3) is 2.96. The van der Waals surface area contributed by atoms with Gasteiger partial charge in [-0.25, -0.2) is 9.97 Å². The fourth-order valence-corrected chi connectivity index (χ4v) is 2.81. The number of benzene rings is 1. The van der Waals surface area contributed by atoms with Crippen LogP contribution < -0.4 is 14.8 Å². The number of fused-ring (bicyclic) bond motifs is 1. The molecular formula is C18H23N3O2. The highest BCUT2D eigenvalue weighted by Crippen LogP contribution is 2.44. The molecule has 2 aromatic rings. The van der Waals surface area contributed by atoms with Gasteiger partial charge in [0.2, 0.25) is 5.88 Å². The van der Waals surface area contributed by atoms with Crippen molar-refractivity contribution in [1.29, 1.82) is 0 Å². The zero-order chi connectivity index (χ0) is 16.4. The summed E-state index contributed by atoms with van der Waals surface area (Å²) < 4.78 is 11.0. The second kappa shape index (κ2) is 6.07. The Balaban J connectivity index is 1.69. The number of aromatic nitrogens is 2. The maximum absolute atomic E-state index is 5.85. The van der Waals surface area contributed by atoms with Crippen molar-refractivity contribution in [3.05, 3.63) is 41.7 Å². The third-order valence-electron chi connectivity index (χ3n) is 4.63. The van der Waals surface area contributed by atoms with Crippen molar-refractivity contribution in [3.63, 3.8) is 0 Å². The van der Waals surface area contributed by atoms with Crippen LogP contribution in [0.5, 0.6) is 11.6 Å². The third-order valence-corrected chi connectivity index (χ3v) is 4.63. The monoisotopic (exact) mass is 313 g/mol. The lowest BCUT2D eigenvalue weighted by Gasteiger charge is -2.23. The summed E-state index contributed by atoms with van der Waals surface area (Å²) in [5, 5.41) is 3.44. The van der Waals surface area contributed by atoms with Crippen molar-refractivity contribution >= 4 is 5.82 Å². The van der Waals surface area contributed by atoms with Gasteiger partial charge in [0.15, 0.2) is 0 Å². The zero-order valence-electron chi connectivity index (χ0n) is 14.1. The summed E-state index contributed by atoms with van der Waals surface area (Å²) in [4.78, 5) is 8.68. The minimum Gasteiger partial charge on any atom is -0.497 e. The standard InChI is InChI=1S/C18H23N3O2/c1-12-18(2,3)15-16(20-11-21-17(15)23-12)19-10-9-13-5-7-14(22-4)8-6-13/h5-8,11-12H,9-10H2,1-4H3,(H,19,20,21). The zero-order valence-corrected chi connectivity index (χ0v) is 14.1. The number of nitrogens with one attached hydrogen (secondary N) is 1. The number of hydrogen-bond donors (Lipinski definition) is 1. The normalized spacial score (nSPS) is 18.2. The van der Waals surface area contributed by atoms with Crippen molar-refractivity contribution in [2.24, 2.45) is 0 Å². The molecule has 3 rings (SSSR count). The average molecular weight is 313 g/mol. The molecule has 0 spiro atoms. The first-order valence-corrected chi connectivity index (χ1v) is 7.91. The Kier molecular flexibility index (Phi) is 4.11. The summed E-state index contributed by atoms with van der Waals surface area (Å²) in [6.45, 7) is 7.21. The van der Waals surface area contributed by atoms with Gasteiger partial charge in [0, 0.05) is 12.0 Å². The largest absolute Gasteiger partial charge is 0.497 e. The topological polar surface area (TPSA) is 56.3 Å². The highest BCUT2D eigenvalue weighted by molar-refractivity contribution is 5.55. The minimum absolute atomic E-state index is 0.0938. The summed E-state index contributed by atoms with van der Waals surface area (Å²) in [6, 6.07) is 8.13. The number of methoxy groups -OCH3 is 1. The van der Waals surface area contributed by atoms with Crippen molar-refractivity contribution in [3.8, 4) is 11.6 Å². The van der Waals surface area contributed by atoms with Gasteiger partial charge in [-0.05, 0) is 31.0 Å². The molecule has 23 heavy (non-hydrogen) atoms. The van der Waals surface area contributed by atoms with E-state index in [0.29, 0.717) is 5.88 Å². The van der Waals surface area contributed by atoms with Gasteiger partial charge in [0.1, 0.15) is 24.0 Å². The maximum Gasteiger partial charge on any atom is 0.222 e. The van der Waals surface area contributed by atoms with Crippen molar-refractivity contribution < 1.29 is 9.47 Å². The Hall–Kier alpha value is -2.30. The fourth-order valence-electron chi connectivity index (χ4n) is 2.81. The van der Waals surface area contributed by atoms with E-state index in [0.717, 1.165) is 30.1 Å². The Labute approximate surface area is 137 Å². The molecule has 1 unspecified atom stereocenters. The van der Waals surface area contributed by atoms with Crippen molar-refractivity contribution in [2.45, 2.75) is 38.7 Å². The smallest absolute Gasteiger partial charge is 0.222 e. The quantitative estimate of drug-likeness (QED) is 0.918. The molecule has 5 heteroatoms. The van der Waals surface area contributed by atoms with E-state index in [4.69, 9.17) is 9.47 Å². The summed E-state index contributed by atoms with van der Waals surface area (Å²) in [6.07, 6.45) is 2.57. The van der Waals surface area contributed by atoms with Crippen LogP contribution in [0.2, 0.25) is 0 Å². The van der Waals surface area contributed by atoms with E-state index in [2.05, 4.69) is 48.2 Å². The van der Waals surface area contributed by atoms with Crippen LogP contribution in [0, 0.1) is 0 Å². The maximum atomic E-state index is 5.85. The Morgan fingerprint density at radius 2 is 1.96 bits per heavy atom. The number of nitrogens with zero attached hydrogens (tertiary/aromatic N) is 2. The molecule has 1 aromatic heterocycles. The van der Waals surface area contributed by atoms with E-state index < -0.39 is 0 Å². The Morgan fingerprint density at radius 3 is 2.65 bits per heavy atom. The van der Waals surface area contributed by atoms with Gasteiger partial charge in [0.25, 0.3) is 0 Å². The summed E-state index contributed by atoms with van der Waals surface area (Å²) in [5.74, 6) is 2.45. The Morgan fingerprint density at radius 1 is 1.22 bits per heavy atom. The lowest BCUT2D eigenvalue weighted by molar-refractivity contribution is 0.181. The van der Waals surface area contributed by atoms with Crippen LogP contribution in [0.15, 0.2) is 30.6 Å². The molecule has 0 aliphatic carbocycles. The van der Waals surface area contributed by atoms with Crippen molar-refractivity contribution in [2.75, 3.05) is 19.0 Å². The second-order valence-corrected chi connectivity index (χ2v) is 6.41. The van der Waals surface area contributed by atoms with Gasteiger partial charge in [-0.15, -0.1) is 0 Å². The number of hydrogen-bond acceptors (Lipinski definition) is 5. The molecule has 1 atom stereocenters. The van der Waals surface area contributed by atoms with E-state index in [-0.39, 0.29) is 11.5 Å². The van der Waals surface area contributed by atoms with Gasteiger partial charge in [-0.2, -0.15) is 0 Å². The molecule has 1 aromatic carbocycles. The molecule has 122 valence electrons. The molecule has 1 N–H and O–H groups in total. The van der Waals surface area contributed by atoms with E-state index in [1.807, 2.05) is 12.1 Å². The van der Waals surface area contributed by atoms with Gasteiger partial charge >= 0.3 is 0 Å². The van der Waals surface area contributed by atoms with Crippen molar-refractivity contribution in [1.82, 2.24) is 9.97 Å².